The number of hydrogen-bond donors (Lipinski definition) is 1. The Balaban J connectivity index is 2.58. The summed E-state index contributed by atoms with van der Waals surface area (Å²) in [6.07, 6.45) is 0. The fourth-order valence-electron chi connectivity index (χ4n) is 1.34. The summed E-state index contributed by atoms with van der Waals surface area (Å²) in [6, 6.07) is 7.56. The number of nitrogens with zero attached hydrogens (tertiary/aromatic N) is 1. The van der Waals surface area contributed by atoms with E-state index in [9.17, 15) is 4.79 Å². The normalized spacial score (nSPS) is 9.94. The van der Waals surface area contributed by atoms with Crippen molar-refractivity contribution in [1.29, 1.82) is 0 Å². The fraction of sp³-hybridized carbons (Fsp3) is 0.417. The van der Waals surface area contributed by atoms with Crippen molar-refractivity contribution in [2.24, 2.45) is 0 Å². The largest absolute Gasteiger partial charge is 0.494 e. The van der Waals surface area contributed by atoms with Crippen molar-refractivity contribution in [3.05, 3.63) is 29.8 Å². The number of ether oxygens (including phenoxy) is 1. The summed E-state index contributed by atoms with van der Waals surface area (Å²) in [4.78, 5) is 12.6. The Morgan fingerprint density at radius 3 is 2.50 bits per heavy atom. The van der Waals surface area contributed by atoms with Crippen molar-refractivity contribution < 1.29 is 14.6 Å². The van der Waals surface area contributed by atoms with Gasteiger partial charge in [-0.2, -0.15) is 0 Å². The standard InChI is InChI=1S/C12H17NO3/c1-3-16-11-6-4-10(5-7-11)8-13(2)12(15)9-14/h4-7,14H,3,8-9H2,1-2H3. The van der Waals surface area contributed by atoms with E-state index >= 15 is 0 Å². The quantitative estimate of drug-likeness (QED) is 0.811. The number of carbonyl (C=O) groups is 1. The van der Waals surface area contributed by atoms with E-state index < -0.39 is 6.61 Å². The number of aliphatic hydroxyl groups is 1. The van der Waals surface area contributed by atoms with Crippen molar-refractivity contribution in [1.82, 2.24) is 4.90 Å². The minimum absolute atomic E-state index is 0.283. The molecule has 1 amide bonds. The van der Waals surface area contributed by atoms with E-state index in [2.05, 4.69) is 0 Å². The third-order valence-electron chi connectivity index (χ3n) is 2.22. The average molecular weight is 223 g/mol. The third-order valence-corrected chi connectivity index (χ3v) is 2.22. The molecule has 0 fully saturated rings. The third kappa shape index (κ3) is 3.55. The smallest absolute Gasteiger partial charge is 0.248 e. The molecule has 0 radical (unpaired) electrons. The van der Waals surface area contributed by atoms with Crippen molar-refractivity contribution >= 4 is 5.91 Å². The molecule has 1 aromatic carbocycles. The molecule has 0 bridgehead atoms. The molecule has 0 saturated carbocycles. The van der Waals surface area contributed by atoms with Crippen LogP contribution < -0.4 is 4.74 Å². The first kappa shape index (κ1) is 12.5. The van der Waals surface area contributed by atoms with Gasteiger partial charge in [0.25, 0.3) is 0 Å². The number of benzene rings is 1. The van der Waals surface area contributed by atoms with Gasteiger partial charge < -0.3 is 14.7 Å². The number of aliphatic hydroxyl groups excluding tert-OH is 1. The molecule has 1 N–H and O–H groups in total. The van der Waals surface area contributed by atoms with E-state index in [4.69, 9.17) is 9.84 Å². The Bertz CT molecular complexity index is 335. The van der Waals surface area contributed by atoms with Gasteiger partial charge in [0.2, 0.25) is 5.91 Å². The molecule has 1 rings (SSSR count). The number of carbonyl (C=O) groups excluding carboxylic acids is 1. The van der Waals surface area contributed by atoms with E-state index in [0.29, 0.717) is 13.2 Å². The molecular weight excluding hydrogens is 206 g/mol. The van der Waals surface area contributed by atoms with Crippen molar-refractivity contribution in [3.63, 3.8) is 0 Å². The zero-order valence-corrected chi connectivity index (χ0v) is 9.64. The molecule has 1 aromatic rings. The van der Waals surface area contributed by atoms with Crippen LogP contribution in [-0.2, 0) is 11.3 Å². The number of rotatable bonds is 5. The van der Waals surface area contributed by atoms with Crippen LogP contribution in [0, 0.1) is 0 Å². The molecule has 0 saturated heterocycles. The van der Waals surface area contributed by atoms with Crippen LogP contribution >= 0.6 is 0 Å². The molecule has 4 heteroatoms. The van der Waals surface area contributed by atoms with Gasteiger partial charge in [0.05, 0.1) is 6.61 Å². The van der Waals surface area contributed by atoms with Gasteiger partial charge >= 0.3 is 0 Å². The maximum Gasteiger partial charge on any atom is 0.248 e. The van der Waals surface area contributed by atoms with E-state index in [-0.39, 0.29) is 5.91 Å². The maximum atomic E-state index is 11.1. The van der Waals surface area contributed by atoms with Gasteiger partial charge in [0.1, 0.15) is 12.4 Å². The SMILES string of the molecule is CCOc1ccc(CN(C)C(=O)CO)cc1. The minimum atomic E-state index is -0.451. The molecule has 0 spiro atoms. The van der Waals surface area contributed by atoms with Crippen LogP contribution in [0.2, 0.25) is 0 Å². The van der Waals surface area contributed by atoms with E-state index in [1.165, 1.54) is 4.90 Å². The predicted molar refractivity (Wildman–Crippen MR) is 61.2 cm³/mol. The lowest BCUT2D eigenvalue weighted by atomic mass is 10.2. The van der Waals surface area contributed by atoms with Gasteiger partial charge in [-0.05, 0) is 24.6 Å². The number of amides is 1. The highest BCUT2D eigenvalue weighted by Gasteiger charge is 2.07. The second-order valence-electron chi connectivity index (χ2n) is 3.48. The fourth-order valence-corrected chi connectivity index (χ4v) is 1.34. The number of hydrogen-bond acceptors (Lipinski definition) is 3. The van der Waals surface area contributed by atoms with Gasteiger partial charge in [-0.3, -0.25) is 4.79 Å². The highest BCUT2D eigenvalue weighted by Crippen LogP contribution is 2.13. The van der Waals surface area contributed by atoms with Crippen molar-refractivity contribution in [2.45, 2.75) is 13.5 Å². The molecule has 0 atom stereocenters. The lowest BCUT2D eigenvalue weighted by molar-refractivity contribution is -0.133. The van der Waals surface area contributed by atoms with Gasteiger partial charge in [-0.25, -0.2) is 0 Å². The van der Waals surface area contributed by atoms with E-state index in [0.717, 1.165) is 11.3 Å². The van der Waals surface area contributed by atoms with Crippen LogP contribution in [0.15, 0.2) is 24.3 Å². The Morgan fingerprint density at radius 1 is 1.38 bits per heavy atom. The van der Waals surface area contributed by atoms with E-state index in [1.807, 2.05) is 31.2 Å². The summed E-state index contributed by atoms with van der Waals surface area (Å²) in [5.74, 6) is 0.538. The summed E-state index contributed by atoms with van der Waals surface area (Å²) in [5, 5.41) is 8.69. The summed E-state index contributed by atoms with van der Waals surface area (Å²) in [7, 11) is 1.66. The van der Waals surface area contributed by atoms with Crippen LogP contribution in [0.5, 0.6) is 5.75 Å². The molecule has 4 nitrogen and oxygen atoms in total. The molecule has 0 unspecified atom stereocenters. The predicted octanol–water partition coefficient (Wildman–Crippen LogP) is 1.04. The second-order valence-corrected chi connectivity index (χ2v) is 3.48. The molecule has 0 aliphatic rings. The van der Waals surface area contributed by atoms with Crippen LogP contribution in [0.4, 0.5) is 0 Å². The van der Waals surface area contributed by atoms with Crippen LogP contribution in [0.25, 0.3) is 0 Å². The summed E-state index contributed by atoms with van der Waals surface area (Å²) >= 11 is 0. The van der Waals surface area contributed by atoms with E-state index in [1.54, 1.807) is 7.05 Å². The zero-order chi connectivity index (χ0) is 12.0. The van der Waals surface area contributed by atoms with Gasteiger partial charge in [0, 0.05) is 13.6 Å². The summed E-state index contributed by atoms with van der Waals surface area (Å²) in [6.45, 7) is 2.61. The Morgan fingerprint density at radius 2 is 2.00 bits per heavy atom. The Hall–Kier alpha value is -1.55. The van der Waals surface area contributed by atoms with Gasteiger partial charge in [-0.1, -0.05) is 12.1 Å². The summed E-state index contributed by atoms with van der Waals surface area (Å²) < 4.78 is 5.31. The first-order chi connectivity index (χ1) is 7.67. The highest BCUT2D eigenvalue weighted by molar-refractivity contribution is 5.76. The van der Waals surface area contributed by atoms with Gasteiger partial charge in [-0.15, -0.1) is 0 Å². The minimum Gasteiger partial charge on any atom is -0.494 e. The number of likely N-dealkylation sites (N-methyl/N-ethyl adjacent to an activating group) is 1. The van der Waals surface area contributed by atoms with Crippen molar-refractivity contribution in [2.75, 3.05) is 20.3 Å². The molecular formula is C12H17NO3. The first-order valence-corrected chi connectivity index (χ1v) is 5.24. The zero-order valence-electron chi connectivity index (χ0n) is 9.64. The Kier molecular flexibility index (Phi) is 4.79. The molecule has 0 aromatic heterocycles. The first-order valence-electron chi connectivity index (χ1n) is 5.24. The summed E-state index contributed by atoms with van der Waals surface area (Å²) in [5.41, 5.74) is 1.01. The van der Waals surface area contributed by atoms with Crippen LogP contribution in [0.3, 0.4) is 0 Å². The Labute approximate surface area is 95.5 Å². The maximum absolute atomic E-state index is 11.1. The molecule has 88 valence electrons. The molecule has 16 heavy (non-hydrogen) atoms. The highest BCUT2D eigenvalue weighted by atomic mass is 16.5. The van der Waals surface area contributed by atoms with Crippen molar-refractivity contribution in [3.8, 4) is 5.75 Å². The van der Waals surface area contributed by atoms with Gasteiger partial charge in [0.15, 0.2) is 0 Å². The van der Waals surface area contributed by atoms with Crippen LogP contribution in [0.1, 0.15) is 12.5 Å². The monoisotopic (exact) mass is 223 g/mol. The lowest BCUT2D eigenvalue weighted by Gasteiger charge is -2.16. The molecule has 0 aliphatic heterocycles. The van der Waals surface area contributed by atoms with Crippen LogP contribution in [-0.4, -0.2) is 36.2 Å². The molecule has 0 aliphatic carbocycles. The lowest BCUT2D eigenvalue weighted by Crippen LogP contribution is -2.28. The average Bonchev–Trinajstić information content (AvgIpc) is 2.31. The topological polar surface area (TPSA) is 49.8 Å². The molecule has 0 heterocycles. The second kappa shape index (κ2) is 6.12.